The molecule has 196 valence electrons. The van der Waals surface area contributed by atoms with Gasteiger partial charge < -0.3 is 29.7 Å². The van der Waals surface area contributed by atoms with Gasteiger partial charge in [-0.2, -0.15) is 0 Å². The zero-order chi connectivity index (χ0) is 25.9. The highest BCUT2D eigenvalue weighted by Crippen LogP contribution is 2.35. The van der Waals surface area contributed by atoms with Crippen LogP contribution < -0.4 is 5.32 Å². The molecule has 0 aromatic carbocycles. The van der Waals surface area contributed by atoms with E-state index < -0.39 is 0 Å². The SMILES string of the molecule is CC1NC(=O)C=C1N1CCC(N2C(=O)C=C(N3CCC(N4C(=O)C=C(OC(C)(C)C)C4C)C3)C2C)C1. The molecule has 9 nitrogen and oxygen atoms in total. The molecule has 0 aromatic heterocycles. The number of likely N-dealkylation sites (tertiary alicyclic amines) is 2. The van der Waals surface area contributed by atoms with E-state index in [1.54, 1.807) is 18.2 Å². The van der Waals surface area contributed by atoms with Crippen LogP contribution in [-0.2, 0) is 19.1 Å². The molecule has 0 bridgehead atoms. The predicted octanol–water partition coefficient (Wildman–Crippen LogP) is 1.58. The van der Waals surface area contributed by atoms with Crippen molar-refractivity contribution in [2.45, 2.75) is 90.2 Å². The van der Waals surface area contributed by atoms with E-state index in [1.165, 1.54) is 0 Å². The van der Waals surface area contributed by atoms with Crippen LogP contribution >= 0.6 is 0 Å². The van der Waals surface area contributed by atoms with E-state index in [4.69, 9.17) is 4.74 Å². The third-order valence-corrected chi connectivity index (χ3v) is 8.07. The van der Waals surface area contributed by atoms with Crippen LogP contribution in [0, 0.1) is 0 Å². The first-order valence-corrected chi connectivity index (χ1v) is 13.2. The average Bonchev–Trinajstić information content (AvgIpc) is 3.56. The molecule has 5 atom stereocenters. The van der Waals surface area contributed by atoms with Gasteiger partial charge in [0.15, 0.2) is 0 Å². The molecule has 36 heavy (non-hydrogen) atoms. The zero-order valence-corrected chi connectivity index (χ0v) is 22.3. The Morgan fingerprint density at radius 1 is 0.806 bits per heavy atom. The molecule has 1 N–H and O–H groups in total. The van der Waals surface area contributed by atoms with Gasteiger partial charge >= 0.3 is 0 Å². The maximum atomic E-state index is 13.1. The van der Waals surface area contributed by atoms with Gasteiger partial charge in [-0.05, 0) is 54.4 Å². The normalized spacial score (nSPS) is 33.0. The minimum absolute atomic E-state index is 0.00853. The number of amides is 3. The van der Waals surface area contributed by atoms with Crippen molar-refractivity contribution in [3.05, 3.63) is 35.4 Å². The summed E-state index contributed by atoms with van der Waals surface area (Å²) in [4.78, 5) is 46.2. The van der Waals surface area contributed by atoms with Crippen LogP contribution in [0.2, 0.25) is 0 Å². The highest BCUT2D eigenvalue weighted by Gasteiger charge is 2.44. The van der Waals surface area contributed by atoms with Gasteiger partial charge in [-0.3, -0.25) is 14.4 Å². The lowest BCUT2D eigenvalue weighted by Gasteiger charge is -2.34. The van der Waals surface area contributed by atoms with Crippen LogP contribution in [-0.4, -0.2) is 99.3 Å². The van der Waals surface area contributed by atoms with Gasteiger partial charge in [-0.1, -0.05) is 0 Å². The zero-order valence-electron chi connectivity index (χ0n) is 22.3. The summed E-state index contributed by atoms with van der Waals surface area (Å²) >= 11 is 0. The fourth-order valence-corrected chi connectivity index (χ4v) is 6.48. The largest absolute Gasteiger partial charge is 0.490 e. The Hall–Kier alpha value is -2.97. The minimum Gasteiger partial charge on any atom is -0.490 e. The molecule has 9 heteroatoms. The van der Waals surface area contributed by atoms with Crippen molar-refractivity contribution in [1.29, 1.82) is 0 Å². The van der Waals surface area contributed by atoms with Crippen LogP contribution in [0.5, 0.6) is 0 Å². The van der Waals surface area contributed by atoms with Gasteiger partial charge in [-0.25, -0.2) is 0 Å². The van der Waals surface area contributed by atoms with E-state index in [9.17, 15) is 14.4 Å². The number of hydrogen-bond donors (Lipinski definition) is 1. The van der Waals surface area contributed by atoms with Crippen LogP contribution in [0.25, 0.3) is 0 Å². The first-order chi connectivity index (χ1) is 16.9. The Kier molecular flexibility index (Phi) is 6.08. The molecule has 5 aliphatic heterocycles. The highest BCUT2D eigenvalue weighted by atomic mass is 16.5. The predicted molar refractivity (Wildman–Crippen MR) is 135 cm³/mol. The Morgan fingerprint density at radius 2 is 1.36 bits per heavy atom. The Bertz CT molecular complexity index is 1060. The summed E-state index contributed by atoms with van der Waals surface area (Å²) in [7, 11) is 0. The van der Waals surface area contributed by atoms with Gasteiger partial charge in [0.2, 0.25) is 11.8 Å². The van der Waals surface area contributed by atoms with E-state index in [0.717, 1.165) is 56.2 Å². The van der Waals surface area contributed by atoms with Gasteiger partial charge in [-0.15, -0.1) is 0 Å². The Balaban J connectivity index is 1.21. The van der Waals surface area contributed by atoms with Crippen LogP contribution in [0.3, 0.4) is 0 Å². The number of nitrogens with one attached hydrogen (secondary N) is 1. The maximum Gasteiger partial charge on any atom is 0.250 e. The molecule has 3 amide bonds. The number of carbonyl (C=O) groups is 3. The Morgan fingerprint density at radius 3 is 1.92 bits per heavy atom. The van der Waals surface area contributed by atoms with E-state index in [1.807, 2.05) is 44.4 Å². The molecule has 0 radical (unpaired) electrons. The highest BCUT2D eigenvalue weighted by molar-refractivity contribution is 5.93. The fraction of sp³-hybridized carbons (Fsp3) is 0.667. The molecule has 5 heterocycles. The molecule has 0 aliphatic carbocycles. The van der Waals surface area contributed by atoms with Crippen molar-refractivity contribution >= 4 is 17.7 Å². The second-order valence-electron chi connectivity index (χ2n) is 11.7. The topological polar surface area (TPSA) is 85.4 Å². The first kappa shape index (κ1) is 24.7. The third kappa shape index (κ3) is 4.37. The molecule has 2 fully saturated rings. The van der Waals surface area contributed by atoms with Crippen LogP contribution in [0.1, 0.15) is 54.4 Å². The standard InChI is InChI=1S/C27H39N5O4/c1-16-21(11-24(33)28-16)29-9-7-19(14-29)31-17(2)22(12-25(31)34)30-10-8-20(15-30)32-18(3)23(13-26(32)35)36-27(4,5)6/h11-13,16-20H,7-10,14-15H2,1-6H3,(H,28,33). The number of ether oxygens (including phenoxy) is 1. The lowest BCUT2D eigenvalue weighted by molar-refractivity contribution is -0.128. The van der Waals surface area contributed by atoms with Gasteiger partial charge in [0.1, 0.15) is 11.4 Å². The number of nitrogens with zero attached hydrogens (tertiary/aromatic N) is 4. The summed E-state index contributed by atoms with van der Waals surface area (Å²) in [6.45, 7) is 15.2. The summed E-state index contributed by atoms with van der Waals surface area (Å²) in [5.41, 5.74) is 1.72. The molecule has 5 aliphatic rings. The summed E-state index contributed by atoms with van der Waals surface area (Å²) < 4.78 is 6.05. The molecule has 0 saturated carbocycles. The molecule has 5 rings (SSSR count). The monoisotopic (exact) mass is 497 g/mol. The van der Waals surface area contributed by atoms with Gasteiger partial charge in [0, 0.05) is 55.8 Å². The molecular weight excluding hydrogens is 458 g/mol. The van der Waals surface area contributed by atoms with Gasteiger partial charge in [0.05, 0.1) is 30.2 Å². The van der Waals surface area contributed by atoms with E-state index in [0.29, 0.717) is 0 Å². The third-order valence-electron chi connectivity index (χ3n) is 8.07. The van der Waals surface area contributed by atoms with Crippen molar-refractivity contribution in [3.63, 3.8) is 0 Å². The van der Waals surface area contributed by atoms with Gasteiger partial charge in [0.25, 0.3) is 5.91 Å². The summed E-state index contributed by atoms with van der Waals surface area (Å²) in [5, 5.41) is 2.93. The van der Waals surface area contributed by atoms with Crippen molar-refractivity contribution in [3.8, 4) is 0 Å². The molecule has 0 aromatic rings. The van der Waals surface area contributed by atoms with Crippen LogP contribution in [0.15, 0.2) is 35.4 Å². The lowest BCUT2D eigenvalue weighted by Crippen LogP contribution is -2.46. The second kappa shape index (κ2) is 8.85. The van der Waals surface area contributed by atoms with E-state index in [2.05, 4.69) is 22.0 Å². The smallest absolute Gasteiger partial charge is 0.250 e. The number of hydrogen-bond acceptors (Lipinski definition) is 6. The first-order valence-electron chi connectivity index (χ1n) is 13.2. The molecule has 2 saturated heterocycles. The summed E-state index contributed by atoms with van der Waals surface area (Å²) in [6, 6.07) is 0.112. The fourth-order valence-electron chi connectivity index (χ4n) is 6.48. The maximum absolute atomic E-state index is 13.1. The quantitative estimate of drug-likeness (QED) is 0.621. The summed E-state index contributed by atoms with van der Waals surface area (Å²) in [6.07, 6.45) is 6.87. The molecule has 0 spiro atoms. The molecular formula is C27H39N5O4. The van der Waals surface area contributed by atoms with Crippen molar-refractivity contribution < 1.29 is 19.1 Å². The van der Waals surface area contributed by atoms with E-state index in [-0.39, 0.29) is 53.5 Å². The van der Waals surface area contributed by atoms with E-state index >= 15 is 0 Å². The van der Waals surface area contributed by atoms with Crippen LogP contribution in [0.4, 0.5) is 0 Å². The lowest BCUT2D eigenvalue weighted by atomic mass is 10.1. The Labute approximate surface area is 213 Å². The minimum atomic E-state index is -0.347. The second-order valence-corrected chi connectivity index (χ2v) is 11.7. The summed E-state index contributed by atoms with van der Waals surface area (Å²) in [5.74, 6) is 0.755. The number of carbonyl (C=O) groups excluding carboxylic acids is 3. The molecule has 5 unspecified atom stereocenters. The van der Waals surface area contributed by atoms with Crippen molar-refractivity contribution in [2.24, 2.45) is 0 Å². The average molecular weight is 498 g/mol. The number of rotatable bonds is 5. The van der Waals surface area contributed by atoms with Crippen molar-refractivity contribution in [1.82, 2.24) is 24.9 Å². The van der Waals surface area contributed by atoms with Crippen molar-refractivity contribution in [2.75, 3.05) is 26.2 Å².